The third-order valence-corrected chi connectivity index (χ3v) is 5.12. The van der Waals surface area contributed by atoms with E-state index in [-0.39, 0.29) is 18.3 Å². The smallest absolute Gasteiger partial charge is 0.282 e. The normalized spacial score (nSPS) is 17.8. The van der Waals surface area contributed by atoms with Crippen molar-refractivity contribution in [3.63, 3.8) is 0 Å². The van der Waals surface area contributed by atoms with Crippen molar-refractivity contribution in [2.24, 2.45) is 0 Å². The number of carbonyl (C=O) groups is 1. The predicted octanol–water partition coefficient (Wildman–Crippen LogP) is 1.99. The minimum atomic E-state index is -0.160. The Morgan fingerprint density at radius 1 is 1.36 bits per heavy atom. The molecule has 1 atom stereocenters. The summed E-state index contributed by atoms with van der Waals surface area (Å²) >= 11 is 1.38. The van der Waals surface area contributed by atoms with E-state index in [1.807, 2.05) is 31.2 Å². The second kappa shape index (κ2) is 9.24. The number of halogens is 1. The van der Waals surface area contributed by atoms with Gasteiger partial charge in [-0.25, -0.2) is 0 Å². The van der Waals surface area contributed by atoms with Crippen molar-refractivity contribution >= 4 is 29.7 Å². The molecule has 1 aliphatic rings. The van der Waals surface area contributed by atoms with E-state index in [1.54, 1.807) is 0 Å². The monoisotopic (exact) mass is 381 g/mol. The van der Waals surface area contributed by atoms with Gasteiger partial charge in [0.05, 0.1) is 6.54 Å². The maximum absolute atomic E-state index is 12.2. The minimum Gasteiger partial charge on any atom is -0.346 e. The first-order valence-corrected chi connectivity index (χ1v) is 9.04. The van der Waals surface area contributed by atoms with Crippen LogP contribution >= 0.6 is 23.7 Å². The van der Waals surface area contributed by atoms with E-state index >= 15 is 0 Å². The number of piperazine rings is 1. The van der Waals surface area contributed by atoms with Crippen LogP contribution in [0.4, 0.5) is 0 Å². The molecule has 8 heteroatoms. The van der Waals surface area contributed by atoms with Gasteiger partial charge in [-0.15, -0.1) is 22.6 Å². The van der Waals surface area contributed by atoms with Crippen LogP contribution in [0.2, 0.25) is 0 Å². The molecule has 0 saturated carbocycles. The van der Waals surface area contributed by atoms with E-state index in [0.717, 1.165) is 36.8 Å². The summed E-state index contributed by atoms with van der Waals surface area (Å²) in [6.07, 6.45) is 0. The molecule has 6 nitrogen and oxygen atoms in total. The van der Waals surface area contributed by atoms with E-state index < -0.39 is 0 Å². The number of benzene rings is 1. The summed E-state index contributed by atoms with van der Waals surface area (Å²) < 4.78 is 0. The van der Waals surface area contributed by atoms with Gasteiger partial charge in [-0.2, -0.15) is 0 Å². The van der Waals surface area contributed by atoms with Crippen LogP contribution in [-0.4, -0.2) is 46.7 Å². The summed E-state index contributed by atoms with van der Waals surface area (Å²) in [6, 6.07) is 8.60. The lowest BCUT2D eigenvalue weighted by Gasteiger charge is -2.32. The van der Waals surface area contributed by atoms with Gasteiger partial charge in [-0.1, -0.05) is 41.2 Å². The van der Waals surface area contributed by atoms with E-state index in [9.17, 15) is 4.79 Å². The second-order valence-electron chi connectivity index (χ2n) is 6.19. The van der Waals surface area contributed by atoms with Crippen LogP contribution in [0.1, 0.15) is 32.9 Å². The molecule has 0 spiro atoms. The fourth-order valence-electron chi connectivity index (χ4n) is 2.66. The van der Waals surface area contributed by atoms with Crippen LogP contribution in [0.15, 0.2) is 24.3 Å². The Bertz CT molecular complexity index is 691. The van der Waals surface area contributed by atoms with E-state index in [0.29, 0.717) is 17.6 Å². The summed E-state index contributed by atoms with van der Waals surface area (Å²) in [5, 5.41) is 15.8. The highest BCUT2D eigenvalue weighted by Gasteiger charge is 2.20. The largest absolute Gasteiger partial charge is 0.346 e. The van der Waals surface area contributed by atoms with Crippen LogP contribution in [0.25, 0.3) is 0 Å². The van der Waals surface area contributed by atoms with Gasteiger partial charge >= 0.3 is 0 Å². The molecule has 0 aliphatic carbocycles. The highest BCUT2D eigenvalue weighted by atomic mass is 35.5. The Labute approximate surface area is 158 Å². The molecule has 2 heterocycles. The molecular weight excluding hydrogens is 358 g/mol. The zero-order chi connectivity index (χ0) is 16.9. The number of nitrogens with zero attached hydrogens (tertiary/aromatic N) is 3. The molecule has 1 amide bonds. The minimum absolute atomic E-state index is 0. The van der Waals surface area contributed by atoms with Crippen LogP contribution in [-0.2, 0) is 13.1 Å². The molecule has 0 radical (unpaired) electrons. The average molecular weight is 382 g/mol. The number of carbonyl (C=O) groups excluding carboxylic acids is 1. The van der Waals surface area contributed by atoms with Crippen molar-refractivity contribution in [1.82, 2.24) is 25.7 Å². The summed E-state index contributed by atoms with van der Waals surface area (Å²) in [5.74, 6) is -0.160. The number of hydrogen-bond donors (Lipinski definition) is 2. The summed E-state index contributed by atoms with van der Waals surface area (Å²) in [6.45, 7) is 8.48. The Kier molecular flexibility index (Phi) is 7.31. The van der Waals surface area contributed by atoms with Crippen molar-refractivity contribution in [2.75, 3.05) is 19.6 Å². The van der Waals surface area contributed by atoms with Gasteiger partial charge in [0.25, 0.3) is 5.91 Å². The van der Waals surface area contributed by atoms with Gasteiger partial charge in [0.2, 0.25) is 5.01 Å². The second-order valence-corrected chi connectivity index (χ2v) is 7.25. The molecule has 2 aromatic rings. The molecule has 1 fully saturated rings. The first-order chi connectivity index (χ1) is 11.6. The van der Waals surface area contributed by atoms with E-state index in [4.69, 9.17) is 0 Å². The first-order valence-electron chi connectivity index (χ1n) is 8.22. The number of nitrogens with one attached hydrogen (secondary N) is 2. The van der Waals surface area contributed by atoms with Crippen molar-refractivity contribution in [3.05, 3.63) is 45.4 Å². The lowest BCUT2D eigenvalue weighted by atomic mass is 10.1. The highest BCUT2D eigenvalue weighted by Crippen LogP contribution is 2.15. The van der Waals surface area contributed by atoms with Crippen LogP contribution < -0.4 is 10.6 Å². The molecule has 1 aromatic heterocycles. The highest BCUT2D eigenvalue weighted by molar-refractivity contribution is 7.13. The molecule has 3 rings (SSSR count). The van der Waals surface area contributed by atoms with E-state index in [2.05, 4.69) is 32.7 Å². The third-order valence-electron chi connectivity index (χ3n) is 4.21. The van der Waals surface area contributed by atoms with Crippen LogP contribution in [0.5, 0.6) is 0 Å². The molecule has 25 heavy (non-hydrogen) atoms. The maximum Gasteiger partial charge on any atom is 0.282 e. The van der Waals surface area contributed by atoms with Gasteiger partial charge in [0, 0.05) is 32.2 Å². The lowest BCUT2D eigenvalue weighted by Crippen LogP contribution is -2.49. The number of aryl methyl sites for hydroxylation is 1. The predicted molar refractivity (Wildman–Crippen MR) is 102 cm³/mol. The molecule has 0 bridgehead atoms. The maximum atomic E-state index is 12.2. The Morgan fingerprint density at radius 3 is 2.84 bits per heavy atom. The van der Waals surface area contributed by atoms with E-state index in [1.165, 1.54) is 16.9 Å². The van der Waals surface area contributed by atoms with Crippen LogP contribution in [0.3, 0.4) is 0 Å². The molecule has 1 aliphatic heterocycles. The number of aromatic nitrogens is 2. The quantitative estimate of drug-likeness (QED) is 0.828. The van der Waals surface area contributed by atoms with Gasteiger partial charge in [-0.3, -0.25) is 9.69 Å². The number of rotatable bonds is 5. The fourth-order valence-corrected chi connectivity index (χ4v) is 3.45. The van der Waals surface area contributed by atoms with Crippen molar-refractivity contribution in [2.45, 2.75) is 33.0 Å². The third kappa shape index (κ3) is 5.47. The SMILES string of the molecule is Cc1ccc(CNC(=O)c2nnc(CN3CCNC[C@H]3C)s2)cc1.Cl. The Hall–Kier alpha value is -1.54. The van der Waals surface area contributed by atoms with Crippen LogP contribution in [0, 0.1) is 6.92 Å². The molecular formula is C17H24ClN5OS. The number of hydrogen-bond acceptors (Lipinski definition) is 6. The molecule has 0 unspecified atom stereocenters. The standard InChI is InChI=1S/C17H23N5OS.ClH/c1-12-3-5-14(6-4-12)10-19-16(23)17-21-20-15(24-17)11-22-8-7-18-9-13(22)2;/h3-6,13,18H,7-11H2,1-2H3,(H,19,23);1H/t13-;/m1./s1. The number of amides is 1. The Morgan fingerprint density at radius 2 is 2.12 bits per heavy atom. The first kappa shape index (κ1) is 19.8. The van der Waals surface area contributed by atoms with Crippen molar-refractivity contribution in [3.8, 4) is 0 Å². The summed E-state index contributed by atoms with van der Waals surface area (Å²) in [4.78, 5) is 14.6. The zero-order valence-electron chi connectivity index (χ0n) is 14.5. The zero-order valence-corrected chi connectivity index (χ0v) is 16.1. The summed E-state index contributed by atoms with van der Waals surface area (Å²) in [7, 11) is 0. The Balaban J connectivity index is 0.00000225. The lowest BCUT2D eigenvalue weighted by molar-refractivity contribution is 0.0950. The van der Waals surface area contributed by atoms with Gasteiger partial charge < -0.3 is 10.6 Å². The molecule has 1 saturated heterocycles. The van der Waals surface area contributed by atoms with Crippen molar-refractivity contribution < 1.29 is 4.79 Å². The molecule has 1 aromatic carbocycles. The van der Waals surface area contributed by atoms with Crippen molar-refractivity contribution in [1.29, 1.82) is 0 Å². The topological polar surface area (TPSA) is 70.2 Å². The van der Waals surface area contributed by atoms with Gasteiger partial charge in [-0.05, 0) is 19.4 Å². The fraction of sp³-hybridized carbons (Fsp3) is 0.471. The average Bonchev–Trinajstić information content (AvgIpc) is 3.05. The van der Waals surface area contributed by atoms with Gasteiger partial charge in [0.15, 0.2) is 0 Å². The molecule has 2 N–H and O–H groups in total. The molecule has 136 valence electrons. The summed E-state index contributed by atoms with van der Waals surface area (Å²) in [5.41, 5.74) is 2.29. The van der Waals surface area contributed by atoms with Gasteiger partial charge in [0.1, 0.15) is 5.01 Å².